The first-order valence-corrected chi connectivity index (χ1v) is 14.3. The van der Waals surface area contributed by atoms with Crippen LogP contribution in [0.25, 0.3) is 17.1 Å². The van der Waals surface area contributed by atoms with Gasteiger partial charge in [-0.2, -0.15) is 17.1 Å². The number of rotatable bonds is 7. The highest BCUT2D eigenvalue weighted by atomic mass is 32.2. The lowest BCUT2D eigenvalue weighted by atomic mass is 10.2. The molecule has 0 bridgehead atoms. The molecule has 0 radical (unpaired) electrons. The molecule has 1 aromatic heterocycles. The molecule has 4 aromatic rings. The third kappa shape index (κ3) is 5.98. The van der Waals surface area contributed by atoms with E-state index in [2.05, 4.69) is 11.0 Å². The van der Waals surface area contributed by atoms with Crippen molar-refractivity contribution in [2.24, 2.45) is 0 Å². The summed E-state index contributed by atoms with van der Waals surface area (Å²) in [5.41, 5.74) is -0.924. The number of halogens is 3. The molecule has 0 saturated carbocycles. The standard InChI is InChI=1S/C29H27F3N4O4S/c30-29(31,32)23-11-6-12-24(20-23)41(39,40)36-26-14-5-4-13-25(26)35(28(36)38)21-27(37)34-18-16-33(17-19-34)15-7-10-22-8-2-1-3-9-22/h1-14,20H,15-19,21H2/b10-7+. The minimum atomic E-state index is -4.76. The van der Waals surface area contributed by atoms with Crippen molar-refractivity contribution in [3.05, 3.63) is 107 Å². The van der Waals surface area contributed by atoms with Crippen molar-refractivity contribution in [2.45, 2.75) is 17.6 Å². The zero-order valence-electron chi connectivity index (χ0n) is 21.9. The predicted octanol–water partition coefficient (Wildman–Crippen LogP) is 3.92. The van der Waals surface area contributed by atoms with Gasteiger partial charge in [0.25, 0.3) is 10.0 Å². The molecular weight excluding hydrogens is 557 g/mol. The largest absolute Gasteiger partial charge is 0.416 e. The highest BCUT2D eigenvalue weighted by molar-refractivity contribution is 7.90. The number of carbonyl (C=O) groups excluding carboxylic acids is 1. The van der Waals surface area contributed by atoms with Crippen molar-refractivity contribution in [3.63, 3.8) is 0 Å². The summed E-state index contributed by atoms with van der Waals surface area (Å²) in [5, 5.41) is 0. The van der Waals surface area contributed by atoms with Gasteiger partial charge in [0.15, 0.2) is 0 Å². The predicted molar refractivity (Wildman–Crippen MR) is 149 cm³/mol. The molecule has 0 unspecified atom stereocenters. The van der Waals surface area contributed by atoms with Crippen LogP contribution in [0, 0.1) is 0 Å². The van der Waals surface area contributed by atoms with E-state index in [0.717, 1.165) is 34.9 Å². The third-order valence-electron chi connectivity index (χ3n) is 6.99. The molecule has 1 saturated heterocycles. The first-order chi connectivity index (χ1) is 19.6. The number of para-hydroxylation sites is 2. The van der Waals surface area contributed by atoms with Gasteiger partial charge in [-0.25, -0.2) is 13.2 Å². The number of alkyl halides is 3. The van der Waals surface area contributed by atoms with E-state index in [4.69, 9.17) is 0 Å². The van der Waals surface area contributed by atoms with Gasteiger partial charge < -0.3 is 4.90 Å². The third-order valence-corrected chi connectivity index (χ3v) is 8.67. The minimum absolute atomic E-state index is 0.0299. The van der Waals surface area contributed by atoms with Crippen LogP contribution in [-0.4, -0.2) is 65.4 Å². The van der Waals surface area contributed by atoms with Gasteiger partial charge in [-0.3, -0.25) is 14.3 Å². The summed E-state index contributed by atoms with van der Waals surface area (Å²) in [5.74, 6) is -0.356. The summed E-state index contributed by atoms with van der Waals surface area (Å²) in [6.45, 7) is 2.45. The quantitative estimate of drug-likeness (QED) is 0.329. The topological polar surface area (TPSA) is 84.6 Å². The second-order valence-corrected chi connectivity index (χ2v) is 11.4. The molecule has 214 valence electrons. The van der Waals surface area contributed by atoms with Crippen LogP contribution in [0.2, 0.25) is 0 Å². The number of aromatic nitrogens is 2. The molecule has 1 aliphatic rings. The van der Waals surface area contributed by atoms with Crippen molar-refractivity contribution < 1.29 is 26.4 Å². The van der Waals surface area contributed by atoms with Crippen LogP contribution >= 0.6 is 0 Å². The van der Waals surface area contributed by atoms with Gasteiger partial charge in [0.05, 0.1) is 21.5 Å². The Kier molecular flexibility index (Phi) is 7.87. The number of hydrogen-bond acceptors (Lipinski definition) is 5. The van der Waals surface area contributed by atoms with E-state index in [9.17, 15) is 31.2 Å². The average Bonchev–Trinajstić information content (AvgIpc) is 3.25. The summed E-state index contributed by atoms with van der Waals surface area (Å²) in [6, 6.07) is 19.1. The van der Waals surface area contributed by atoms with Crippen LogP contribution in [-0.2, 0) is 27.5 Å². The van der Waals surface area contributed by atoms with E-state index >= 15 is 0 Å². The Balaban J connectivity index is 1.34. The number of piperazine rings is 1. The molecule has 1 amide bonds. The number of nitrogens with zero attached hydrogens (tertiary/aromatic N) is 4. The van der Waals surface area contributed by atoms with E-state index in [1.165, 1.54) is 18.2 Å². The highest BCUT2D eigenvalue weighted by Crippen LogP contribution is 2.31. The Hall–Kier alpha value is -4.16. The van der Waals surface area contributed by atoms with Crippen molar-refractivity contribution in [1.29, 1.82) is 0 Å². The number of hydrogen-bond donors (Lipinski definition) is 0. The Morgan fingerprint density at radius 2 is 1.51 bits per heavy atom. The molecule has 5 rings (SSSR count). The molecule has 2 heterocycles. The molecule has 12 heteroatoms. The van der Waals surface area contributed by atoms with Crippen LogP contribution in [0.5, 0.6) is 0 Å². The van der Waals surface area contributed by atoms with Crippen LogP contribution < -0.4 is 5.69 Å². The molecule has 0 atom stereocenters. The van der Waals surface area contributed by atoms with Crippen molar-refractivity contribution >= 4 is 33.0 Å². The number of fused-ring (bicyclic) bond motifs is 1. The summed E-state index contributed by atoms with van der Waals surface area (Å²) in [4.78, 5) is 29.8. The summed E-state index contributed by atoms with van der Waals surface area (Å²) in [7, 11) is -4.71. The van der Waals surface area contributed by atoms with Gasteiger partial charge in [-0.05, 0) is 35.9 Å². The van der Waals surface area contributed by atoms with Crippen LogP contribution in [0.4, 0.5) is 13.2 Å². The second-order valence-electron chi connectivity index (χ2n) is 9.65. The fraction of sp³-hybridized carbons (Fsp3) is 0.241. The lowest BCUT2D eigenvalue weighted by molar-refractivity contribution is -0.137. The fourth-order valence-electron chi connectivity index (χ4n) is 4.82. The summed E-state index contributed by atoms with van der Waals surface area (Å²) in [6.07, 6.45) is -0.668. The van der Waals surface area contributed by atoms with Crippen LogP contribution in [0.3, 0.4) is 0 Å². The number of imidazole rings is 1. The van der Waals surface area contributed by atoms with Gasteiger partial charge in [0, 0.05) is 32.7 Å². The molecule has 0 aliphatic carbocycles. The Morgan fingerprint density at radius 1 is 0.854 bits per heavy atom. The van der Waals surface area contributed by atoms with Gasteiger partial charge in [-0.1, -0.05) is 60.7 Å². The molecule has 41 heavy (non-hydrogen) atoms. The number of amides is 1. The zero-order valence-corrected chi connectivity index (χ0v) is 22.7. The molecule has 1 fully saturated rings. The molecule has 1 aliphatic heterocycles. The summed E-state index contributed by atoms with van der Waals surface area (Å²) < 4.78 is 68.2. The Bertz CT molecular complexity index is 1750. The number of benzene rings is 3. The normalized spacial score (nSPS) is 15.1. The molecule has 8 nitrogen and oxygen atoms in total. The van der Waals surface area contributed by atoms with Gasteiger partial charge in [0.2, 0.25) is 5.91 Å². The van der Waals surface area contributed by atoms with Crippen molar-refractivity contribution in [1.82, 2.24) is 18.3 Å². The van der Waals surface area contributed by atoms with Crippen LogP contribution in [0.15, 0.2) is 94.6 Å². The first-order valence-electron chi connectivity index (χ1n) is 12.9. The maximum Gasteiger partial charge on any atom is 0.416 e. The second kappa shape index (κ2) is 11.4. The van der Waals surface area contributed by atoms with Crippen LogP contribution in [0.1, 0.15) is 11.1 Å². The highest BCUT2D eigenvalue weighted by Gasteiger charge is 2.33. The maximum absolute atomic E-state index is 13.4. The monoisotopic (exact) mass is 584 g/mol. The molecular formula is C29H27F3N4O4S. The molecule has 0 N–H and O–H groups in total. The Morgan fingerprint density at radius 3 is 2.20 bits per heavy atom. The molecule has 0 spiro atoms. The summed E-state index contributed by atoms with van der Waals surface area (Å²) >= 11 is 0. The van der Waals surface area contributed by atoms with E-state index in [1.54, 1.807) is 11.0 Å². The zero-order chi connectivity index (χ0) is 29.2. The fourth-order valence-corrected chi connectivity index (χ4v) is 6.28. The van der Waals surface area contributed by atoms with E-state index in [0.29, 0.717) is 36.2 Å². The maximum atomic E-state index is 13.4. The SMILES string of the molecule is O=C(Cn1c(=O)n(S(=O)(=O)c2cccc(C(F)(F)F)c2)c2ccccc21)N1CCN(C/C=C/c2ccccc2)CC1. The van der Waals surface area contributed by atoms with E-state index in [-0.39, 0.29) is 16.9 Å². The van der Waals surface area contributed by atoms with Gasteiger partial charge in [-0.15, -0.1) is 0 Å². The van der Waals surface area contributed by atoms with Crippen molar-refractivity contribution in [2.75, 3.05) is 32.7 Å². The lowest BCUT2D eigenvalue weighted by Gasteiger charge is -2.34. The van der Waals surface area contributed by atoms with Crippen molar-refractivity contribution in [3.8, 4) is 0 Å². The minimum Gasteiger partial charge on any atom is -0.339 e. The average molecular weight is 585 g/mol. The smallest absolute Gasteiger partial charge is 0.339 e. The van der Waals surface area contributed by atoms with Gasteiger partial charge >= 0.3 is 11.9 Å². The van der Waals surface area contributed by atoms with E-state index < -0.39 is 38.9 Å². The number of carbonyl (C=O) groups is 1. The van der Waals surface area contributed by atoms with E-state index in [1.807, 2.05) is 36.4 Å². The van der Waals surface area contributed by atoms with Gasteiger partial charge in [0.1, 0.15) is 6.54 Å². The first kappa shape index (κ1) is 28.4. The molecule has 3 aromatic carbocycles. The Labute approximate surface area is 234 Å². The lowest BCUT2D eigenvalue weighted by Crippen LogP contribution is -2.50.